The summed E-state index contributed by atoms with van der Waals surface area (Å²) < 4.78 is 0. The van der Waals surface area contributed by atoms with E-state index in [0.29, 0.717) is 0 Å². The molecule has 0 unspecified atom stereocenters. The highest BCUT2D eigenvalue weighted by atomic mass is 15.2. The molecule has 0 fully saturated rings. The van der Waals surface area contributed by atoms with Gasteiger partial charge in [0.15, 0.2) is 0 Å². The van der Waals surface area contributed by atoms with Gasteiger partial charge in [0.1, 0.15) is 0 Å². The number of hydrogen-bond donors (Lipinski definition) is 1. The molecule has 0 amide bonds. The van der Waals surface area contributed by atoms with Crippen molar-refractivity contribution in [3.8, 4) is 0 Å². The number of nitrogens with zero attached hydrogens (tertiary/aromatic N) is 1. The fourth-order valence-electron chi connectivity index (χ4n) is 1.29. The molecular weight excluding hydrogens is 136 g/mol. The second-order valence-corrected chi connectivity index (χ2v) is 3.05. The van der Waals surface area contributed by atoms with Gasteiger partial charge >= 0.3 is 0 Å². The highest BCUT2D eigenvalue weighted by Gasteiger charge is 2.02. The van der Waals surface area contributed by atoms with Gasteiger partial charge in [-0.2, -0.15) is 0 Å². The number of nitrogens with one attached hydrogen (secondary N) is 1. The normalized spacial score (nSPS) is 18.3. The molecule has 2 nitrogen and oxygen atoms in total. The van der Waals surface area contributed by atoms with Crippen molar-refractivity contribution in [2.24, 2.45) is 0 Å². The lowest BCUT2D eigenvalue weighted by atomic mass is 10.2. The van der Waals surface area contributed by atoms with E-state index < -0.39 is 0 Å². The third-order valence-corrected chi connectivity index (χ3v) is 1.99. The van der Waals surface area contributed by atoms with Crippen LogP contribution in [0, 0.1) is 0 Å². The third kappa shape index (κ3) is 3.42. The fourth-order valence-corrected chi connectivity index (χ4v) is 1.29. The highest BCUT2D eigenvalue weighted by molar-refractivity contribution is 4.87. The topological polar surface area (TPSA) is 15.3 Å². The summed E-state index contributed by atoms with van der Waals surface area (Å²) >= 11 is 0. The number of unbranched alkanes of at least 4 members (excludes halogenated alkanes) is 2. The van der Waals surface area contributed by atoms with Crippen LogP contribution in [0.1, 0.15) is 26.2 Å². The first-order chi connectivity index (χ1) is 5.43. The summed E-state index contributed by atoms with van der Waals surface area (Å²) in [6.07, 6.45) is 8.23. The van der Waals surface area contributed by atoms with Crippen LogP contribution in [0.5, 0.6) is 0 Å². The molecule has 11 heavy (non-hydrogen) atoms. The molecule has 0 aromatic carbocycles. The van der Waals surface area contributed by atoms with Crippen molar-refractivity contribution in [2.45, 2.75) is 26.2 Å². The predicted octanol–water partition coefficient (Wildman–Crippen LogP) is 1.55. The molecule has 0 aliphatic carbocycles. The van der Waals surface area contributed by atoms with Crippen molar-refractivity contribution < 1.29 is 0 Å². The van der Waals surface area contributed by atoms with Crippen molar-refractivity contribution in [1.82, 2.24) is 10.2 Å². The van der Waals surface area contributed by atoms with Crippen LogP contribution in [-0.2, 0) is 0 Å². The Balaban J connectivity index is 2.02. The molecule has 1 rings (SSSR count). The summed E-state index contributed by atoms with van der Waals surface area (Å²) in [6.45, 7) is 5.64. The van der Waals surface area contributed by atoms with E-state index in [4.69, 9.17) is 0 Å². The summed E-state index contributed by atoms with van der Waals surface area (Å²) in [5, 5.41) is 3.21. The van der Waals surface area contributed by atoms with Gasteiger partial charge in [-0.05, 0) is 12.6 Å². The first-order valence-electron chi connectivity index (χ1n) is 4.54. The molecular formula is C9H18N2. The van der Waals surface area contributed by atoms with E-state index in [2.05, 4.69) is 23.2 Å². The Kier molecular flexibility index (Phi) is 4.06. The van der Waals surface area contributed by atoms with Crippen molar-refractivity contribution in [2.75, 3.05) is 19.8 Å². The Morgan fingerprint density at radius 1 is 1.45 bits per heavy atom. The lowest BCUT2D eigenvalue weighted by molar-refractivity contribution is 0.274. The maximum atomic E-state index is 3.21. The summed E-state index contributed by atoms with van der Waals surface area (Å²) in [6, 6.07) is 0. The summed E-state index contributed by atoms with van der Waals surface area (Å²) in [4.78, 5) is 2.43. The van der Waals surface area contributed by atoms with Crippen LogP contribution in [0.4, 0.5) is 0 Å². The van der Waals surface area contributed by atoms with Gasteiger partial charge in [0, 0.05) is 13.1 Å². The number of rotatable bonds is 4. The van der Waals surface area contributed by atoms with Gasteiger partial charge in [0.25, 0.3) is 0 Å². The highest BCUT2D eigenvalue weighted by Crippen LogP contribution is 1.99. The Bertz CT molecular complexity index is 121. The Morgan fingerprint density at radius 2 is 2.36 bits per heavy atom. The fraction of sp³-hybridized carbons (Fsp3) is 0.778. The molecule has 0 bridgehead atoms. The lowest BCUT2D eigenvalue weighted by Crippen LogP contribution is -2.35. The maximum absolute atomic E-state index is 3.21. The zero-order chi connectivity index (χ0) is 7.94. The average Bonchev–Trinajstić information content (AvgIpc) is 2.07. The van der Waals surface area contributed by atoms with E-state index in [0.717, 1.165) is 13.2 Å². The molecule has 0 atom stereocenters. The maximum Gasteiger partial charge on any atom is 0.0675 e. The second-order valence-electron chi connectivity index (χ2n) is 3.05. The molecule has 64 valence electrons. The molecule has 0 saturated heterocycles. The molecule has 0 aromatic heterocycles. The van der Waals surface area contributed by atoms with Crippen LogP contribution in [0.25, 0.3) is 0 Å². The van der Waals surface area contributed by atoms with Gasteiger partial charge in [-0.15, -0.1) is 0 Å². The molecule has 0 aromatic rings. The standard InChI is InChI=1S/C9H18N2/c1-2-3-4-7-11-8-5-6-10-9-11/h5-6,10H,2-4,7-9H2,1H3. The van der Waals surface area contributed by atoms with E-state index in [1.165, 1.54) is 25.8 Å². The van der Waals surface area contributed by atoms with E-state index in [1.807, 2.05) is 6.20 Å². The monoisotopic (exact) mass is 154 g/mol. The zero-order valence-electron chi connectivity index (χ0n) is 7.34. The Morgan fingerprint density at radius 3 is 3.00 bits per heavy atom. The van der Waals surface area contributed by atoms with Gasteiger partial charge in [-0.25, -0.2) is 0 Å². The minimum absolute atomic E-state index is 1.03. The summed E-state index contributed by atoms with van der Waals surface area (Å²) in [5.74, 6) is 0. The second kappa shape index (κ2) is 5.19. The van der Waals surface area contributed by atoms with Crippen molar-refractivity contribution >= 4 is 0 Å². The molecule has 0 saturated carbocycles. The molecule has 1 aliphatic heterocycles. The SMILES string of the molecule is CCCCCN1CC=CNC1. The van der Waals surface area contributed by atoms with Crippen molar-refractivity contribution in [1.29, 1.82) is 0 Å². The Hall–Kier alpha value is -0.500. The predicted molar refractivity (Wildman–Crippen MR) is 48.2 cm³/mol. The van der Waals surface area contributed by atoms with E-state index >= 15 is 0 Å². The smallest absolute Gasteiger partial charge is 0.0675 e. The zero-order valence-corrected chi connectivity index (χ0v) is 7.34. The lowest BCUT2D eigenvalue weighted by Gasteiger charge is -2.23. The van der Waals surface area contributed by atoms with E-state index in [-0.39, 0.29) is 0 Å². The van der Waals surface area contributed by atoms with Crippen LogP contribution >= 0.6 is 0 Å². The first kappa shape index (κ1) is 8.60. The van der Waals surface area contributed by atoms with Crippen LogP contribution in [0.15, 0.2) is 12.3 Å². The third-order valence-electron chi connectivity index (χ3n) is 1.99. The summed E-state index contributed by atoms with van der Waals surface area (Å²) in [7, 11) is 0. The van der Waals surface area contributed by atoms with Gasteiger partial charge in [-0.3, -0.25) is 4.90 Å². The van der Waals surface area contributed by atoms with Crippen molar-refractivity contribution in [3.05, 3.63) is 12.3 Å². The minimum atomic E-state index is 1.03. The van der Waals surface area contributed by atoms with Gasteiger partial charge in [0.05, 0.1) is 6.67 Å². The van der Waals surface area contributed by atoms with Crippen LogP contribution in [-0.4, -0.2) is 24.7 Å². The first-order valence-corrected chi connectivity index (χ1v) is 4.54. The van der Waals surface area contributed by atoms with Gasteiger partial charge in [-0.1, -0.05) is 25.8 Å². The minimum Gasteiger partial charge on any atom is -0.378 e. The molecule has 2 heteroatoms. The average molecular weight is 154 g/mol. The van der Waals surface area contributed by atoms with E-state index in [1.54, 1.807) is 0 Å². The molecule has 0 radical (unpaired) electrons. The van der Waals surface area contributed by atoms with Crippen molar-refractivity contribution in [3.63, 3.8) is 0 Å². The largest absolute Gasteiger partial charge is 0.378 e. The Labute approximate surface area is 69.3 Å². The van der Waals surface area contributed by atoms with Gasteiger partial charge in [0.2, 0.25) is 0 Å². The molecule has 0 spiro atoms. The molecule has 1 aliphatic rings. The van der Waals surface area contributed by atoms with Crippen LogP contribution < -0.4 is 5.32 Å². The number of hydrogen-bond acceptors (Lipinski definition) is 2. The van der Waals surface area contributed by atoms with E-state index in [9.17, 15) is 0 Å². The van der Waals surface area contributed by atoms with Crippen LogP contribution in [0.2, 0.25) is 0 Å². The van der Waals surface area contributed by atoms with Crippen LogP contribution in [0.3, 0.4) is 0 Å². The summed E-state index contributed by atoms with van der Waals surface area (Å²) in [5.41, 5.74) is 0. The quantitative estimate of drug-likeness (QED) is 0.618. The molecule has 1 N–H and O–H groups in total. The van der Waals surface area contributed by atoms with Gasteiger partial charge < -0.3 is 5.32 Å². The molecule has 1 heterocycles.